The zero-order valence-electron chi connectivity index (χ0n) is 15.5. The Balaban J connectivity index is 1.33. The maximum absolute atomic E-state index is 12.6. The number of carbonyl (C=O) groups excluding carboxylic acids is 2. The molecule has 0 aliphatic carbocycles. The van der Waals surface area contributed by atoms with Crippen molar-refractivity contribution in [3.63, 3.8) is 0 Å². The third kappa shape index (κ3) is 4.06. The number of likely N-dealkylation sites (tertiary alicyclic amines) is 1. The highest BCUT2D eigenvalue weighted by molar-refractivity contribution is 5.94. The van der Waals surface area contributed by atoms with Gasteiger partial charge in [0.15, 0.2) is 5.76 Å². The fraction of sp³-hybridized carbons (Fsp3) is 0.429. The lowest BCUT2D eigenvalue weighted by Gasteiger charge is -2.34. The van der Waals surface area contributed by atoms with E-state index in [-0.39, 0.29) is 11.8 Å². The van der Waals surface area contributed by atoms with Crippen LogP contribution in [0.5, 0.6) is 0 Å². The van der Waals surface area contributed by atoms with Gasteiger partial charge in [-0.05, 0) is 42.7 Å². The topological polar surface area (TPSA) is 57.0 Å². The van der Waals surface area contributed by atoms with E-state index in [1.165, 1.54) is 6.26 Å². The molecule has 1 aromatic heterocycles. The van der Waals surface area contributed by atoms with E-state index < -0.39 is 0 Å². The lowest BCUT2D eigenvalue weighted by atomic mass is 10.1. The van der Waals surface area contributed by atoms with Gasteiger partial charge in [0, 0.05) is 51.4 Å². The molecule has 2 aliphatic heterocycles. The summed E-state index contributed by atoms with van der Waals surface area (Å²) in [6.07, 6.45) is 3.73. The van der Waals surface area contributed by atoms with E-state index in [1.54, 1.807) is 12.1 Å². The minimum absolute atomic E-state index is 0.0437. The van der Waals surface area contributed by atoms with Gasteiger partial charge in [-0.3, -0.25) is 14.5 Å². The predicted octanol–water partition coefficient (Wildman–Crippen LogP) is 2.47. The van der Waals surface area contributed by atoms with Crippen LogP contribution in [0.4, 0.5) is 0 Å². The second-order valence-electron chi connectivity index (χ2n) is 7.25. The van der Waals surface area contributed by atoms with Crippen molar-refractivity contribution in [3.05, 3.63) is 59.5 Å². The highest BCUT2D eigenvalue weighted by Crippen LogP contribution is 2.16. The molecule has 27 heavy (non-hydrogen) atoms. The Bertz CT molecular complexity index is 789. The van der Waals surface area contributed by atoms with Gasteiger partial charge in [-0.1, -0.05) is 12.1 Å². The Morgan fingerprint density at radius 1 is 0.852 bits per heavy atom. The van der Waals surface area contributed by atoms with Gasteiger partial charge in [0.2, 0.25) is 0 Å². The van der Waals surface area contributed by atoms with Crippen LogP contribution in [0.15, 0.2) is 47.1 Å². The second-order valence-corrected chi connectivity index (χ2v) is 7.25. The lowest BCUT2D eigenvalue weighted by Crippen LogP contribution is -2.48. The predicted molar refractivity (Wildman–Crippen MR) is 101 cm³/mol. The van der Waals surface area contributed by atoms with Crippen LogP contribution in [0.1, 0.15) is 39.3 Å². The minimum Gasteiger partial charge on any atom is -0.459 e. The van der Waals surface area contributed by atoms with Crippen molar-refractivity contribution in [2.45, 2.75) is 19.4 Å². The average Bonchev–Trinajstić information content (AvgIpc) is 3.42. The number of amides is 2. The summed E-state index contributed by atoms with van der Waals surface area (Å²) in [5.41, 5.74) is 1.92. The zero-order chi connectivity index (χ0) is 18.6. The molecule has 0 radical (unpaired) electrons. The van der Waals surface area contributed by atoms with Crippen LogP contribution < -0.4 is 0 Å². The maximum Gasteiger partial charge on any atom is 0.289 e. The molecule has 2 saturated heterocycles. The van der Waals surface area contributed by atoms with E-state index in [2.05, 4.69) is 11.0 Å². The lowest BCUT2D eigenvalue weighted by molar-refractivity contribution is 0.0597. The van der Waals surface area contributed by atoms with Gasteiger partial charge in [0.05, 0.1) is 6.26 Å². The Labute approximate surface area is 159 Å². The van der Waals surface area contributed by atoms with Crippen molar-refractivity contribution in [1.29, 1.82) is 0 Å². The number of hydrogen-bond donors (Lipinski definition) is 0. The number of benzene rings is 1. The van der Waals surface area contributed by atoms with Gasteiger partial charge < -0.3 is 14.2 Å². The number of rotatable bonds is 4. The Kier molecular flexibility index (Phi) is 5.25. The fourth-order valence-electron chi connectivity index (χ4n) is 3.83. The molecule has 0 saturated carbocycles. The van der Waals surface area contributed by atoms with E-state index >= 15 is 0 Å². The highest BCUT2D eigenvalue weighted by atomic mass is 16.3. The van der Waals surface area contributed by atoms with Crippen LogP contribution in [0.25, 0.3) is 0 Å². The largest absolute Gasteiger partial charge is 0.459 e. The summed E-state index contributed by atoms with van der Waals surface area (Å²) >= 11 is 0. The molecule has 0 N–H and O–H groups in total. The molecule has 3 heterocycles. The molecular weight excluding hydrogens is 342 g/mol. The number of furan rings is 1. The summed E-state index contributed by atoms with van der Waals surface area (Å²) in [5.74, 6) is 0.498. The van der Waals surface area contributed by atoms with Crippen LogP contribution in [-0.4, -0.2) is 65.8 Å². The zero-order valence-corrected chi connectivity index (χ0v) is 15.5. The first-order valence-electron chi connectivity index (χ1n) is 9.64. The number of piperazine rings is 1. The first kappa shape index (κ1) is 17.8. The van der Waals surface area contributed by atoms with Crippen LogP contribution in [0.3, 0.4) is 0 Å². The number of nitrogens with zero attached hydrogens (tertiary/aromatic N) is 3. The molecule has 142 valence electrons. The second kappa shape index (κ2) is 7.96. The van der Waals surface area contributed by atoms with Crippen molar-refractivity contribution >= 4 is 11.8 Å². The first-order chi connectivity index (χ1) is 13.2. The molecule has 1 aromatic carbocycles. The molecular formula is C21H25N3O3. The summed E-state index contributed by atoms with van der Waals surface area (Å²) in [5, 5.41) is 0. The van der Waals surface area contributed by atoms with Crippen molar-refractivity contribution in [3.8, 4) is 0 Å². The quantitative estimate of drug-likeness (QED) is 0.833. The number of hydrogen-bond acceptors (Lipinski definition) is 4. The Morgan fingerprint density at radius 2 is 1.59 bits per heavy atom. The van der Waals surface area contributed by atoms with Crippen molar-refractivity contribution in [2.24, 2.45) is 0 Å². The van der Waals surface area contributed by atoms with Crippen LogP contribution in [0.2, 0.25) is 0 Å². The first-order valence-corrected chi connectivity index (χ1v) is 9.64. The monoisotopic (exact) mass is 367 g/mol. The van der Waals surface area contributed by atoms with E-state index in [0.29, 0.717) is 18.8 Å². The standard InChI is InChI=1S/C21H25N3O3/c25-20(23-8-1-2-9-23)18-6-3-5-17(15-18)16-22-10-12-24(13-11-22)21(26)19-7-4-14-27-19/h3-7,14-15H,1-2,8-13,16H2. The van der Waals surface area contributed by atoms with Gasteiger partial charge in [0.25, 0.3) is 11.8 Å². The molecule has 6 nitrogen and oxygen atoms in total. The molecule has 2 aromatic rings. The van der Waals surface area contributed by atoms with Gasteiger partial charge in [-0.15, -0.1) is 0 Å². The molecule has 0 atom stereocenters. The normalized spacial score (nSPS) is 18.1. The molecule has 6 heteroatoms. The van der Waals surface area contributed by atoms with Crippen LogP contribution >= 0.6 is 0 Å². The van der Waals surface area contributed by atoms with E-state index in [9.17, 15) is 9.59 Å². The van der Waals surface area contributed by atoms with Gasteiger partial charge in [0.1, 0.15) is 0 Å². The van der Waals surface area contributed by atoms with Crippen LogP contribution in [-0.2, 0) is 6.54 Å². The third-order valence-electron chi connectivity index (χ3n) is 5.36. The summed E-state index contributed by atoms with van der Waals surface area (Å²) in [4.78, 5) is 31.0. The van der Waals surface area contributed by atoms with E-state index in [4.69, 9.17) is 4.42 Å². The maximum atomic E-state index is 12.6. The summed E-state index contributed by atoms with van der Waals surface area (Å²) in [6.45, 7) is 5.54. The molecule has 0 bridgehead atoms. The summed E-state index contributed by atoms with van der Waals surface area (Å²) in [6, 6.07) is 11.4. The summed E-state index contributed by atoms with van der Waals surface area (Å²) in [7, 11) is 0. The molecule has 2 fully saturated rings. The van der Waals surface area contributed by atoms with Crippen LogP contribution in [0, 0.1) is 0 Å². The van der Waals surface area contributed by atoms with E-state index in [0.717, 1.165) is 56.7 Å². The Hall–Kier alpha value is -2.60. The molecule has 0 spiro atoms. The van der Waals surface area contributed by atoms with Crippen molar-refractivity contribution in [1.82, 2.24) is 14.7 Å². The minimum atomic E-state index is -0.0437. The Morgan fingerprint density at radius 3 is 2.30 bits per heavy atom. The molecule has 2 aliphatic rings. The molecule has 0 unspecified atom stereocenters. The summed E-state index contributed by atoms with van der Waals surface area (Å²) < 4.78 is 5.21. The molecule has 2 amide bonds. The van der Waals surface area contributed by atoms with Crippen molar-refractivity contribution in [2.75, 3.05) is 39.3 Å². The SMILES string of the molecule is O=C(c1cccc(CN2CCN(C(=O)c3ccco3)CC2)c1)N1CCCC1. The van der Waals surface area contributed by atoms with Gasteiger partial charge in [-0.2, -0.15) is 0 Å². The van der Waals surface area contributed by atoms with Gasteiger partial charge in [-0.25, -0.2) is 0 Å². The number of carbonyl (C=O) groups is 2. The average molecular weight is 367 g/mol. The molecule has 4 rings (SSSR count). The fourth-order valence-corrected chi connectivity index (χ4v) is 3.83. The third-order valence-corrected chi connectivity index (χ3v) is 5.36. The highest BCUT2D eigenvalue weighted by Gasteiger charge is 2.24. The van der Waals surface area contributed by atoms with Crippen molar-refractivity contribution < 1.29 is 14.0 Å². The van der Waals surface area contributed by atoms with Gasteiger partial charge >= 0.3 is 0 Å². The van der Waals surface area contributed by atoms with E-state index in [1.807, 2.05) is 28.0 Å². The smallest absolute Gasteiger partial charge is 0.289 e.